The highest BCUT2D eigenvalue weighted by Gasteiger charge is 2.12. The number of nitrogens with one attached hydrogen (secondary N) is 1. The maximum absolute atomic E-state index is 12.7. The molecule has 0 unspecified atom stereocenters. The number of amides is 1. The van der Waals surface area contributed by atoms with Crippen molar-refractivity contribution in [3.63, 3.8) is 0 Å². The Hall–Kier alpha value is -4.63. The fraction of sp³-hybridized carbons (Fsp3) is 0.129. The fourth-order valence-electron chi connectivity index (χ4n) is 3.62. The maximum Gasteiger partial charge on any atom is 0.335 e. The average Bonchev–Trinajstić information content (AvgIpc) is 2.97. The van der Waals surface area contributed by atoms with Crippen LogP contribution in [0.2, 0.25) is 0 Å². The van der Waals surface area contributed by atoms with Crippen molar-refractivity contribution in [1.82, 2.24) is 5.43 Å². The summed E-state index contributed by atoms with van der Waals surface area (Å²) < 4.78 is 18.1. The number of hydrazone groups is 1. The molecule has 0 aliphatic heterocycles. The monoisotopic (exact) mass is 602 g/mol. The second-order valence-electron chi connectivity index (χ2n) is 8.55. The number of carboxylic acids is 1. The molecule has 4 aromatic carbocycles. The molecule has 9 heteroatoms. The van der Waals surface area contributed by atoms with Gasteiger partial charge in [0.05, 0.1) is 22.9 Å². The topological polar surface area (TPSA) is 106 Å². The van der Waals surface area contributed by atoms with Crippen LogP contribution >= 0.6 is 15.9 Å². The average molecular weight is 603 g/mol. The van der Waals surface area contributed by atoms with Gasteiger partial charge in [-0.3, -0.25) is 4.79 Å². The van der Waals surface area contributed by atoms with Crippen LogP contribution < -0.4 is 19.6 Å². The zero-order valence-corrected chi connectivity index (χ0v) is 23.3. The van der Waals surface area contributed by atoms with Gasteiger partial charge in [-0.25, -0.2) is 10.2 Å². The number of hydrogen-bond acceptors (Lipinski definition) is 6. The van der Waals surface area contributed by atoms with Crippen LogP contribution in [-0.4, -0.2) is 29.8 Å². The van der Waals surface area contributed by atoms with Crippen LogP contribution in [0, 0.1) is 0 Å². The molecule has 0 saturated carbocycles. The van der Waals surface area contributed by atoms with Crippen molar-refractivity contribution in [3.05, 3.63) is 123 Å². The third-order valence-corrected chi connectivity index (χ3v) is 6.29. The van der Waals surface area contributed by atoms with Crippen molar-refractivity contribution < 1.29 is 28.9 Å². The van der Waals surface area contributed by atoms with Gasteiger partial charge in [0.25, 0.3) is 5.91 Å². The number of benzene rings is 4. The van der Waals surface area contributed by atoms with E-state index >= 15 is 0 Å². The highest BCUT2D eigenvalue weighted by Crippen LogP contribution is 2.29. The Kier molecular flexibility index (Phi) is 9.90. The second kappa shape index (κ2) is 14.0. The minimum atomic E-state index is -0.971. The first kappa shape index (κ1) is 28.4. The van der Waals surface area contributed by atoms with E-state index in [2.05, 4.69) is 26.5 Å². The summed E-state index contributed by atoms with van der Waals surface area (Å²) >= 11 is 3.49. The van der Waals surface area contributed by atoms with E-state index in [0.717, 1.165) is 16.7 Å². The molecule has 0 heterocycles. The Morgan fingerprint density at radius 3 is 2.12 bits per heavy atom. The number of aromatic carboxylic acids is 1. The van der Waals surface area contributed by atoms with E-state index in [1.54, 1.807) is 42.5 Å². The summed E-state index contributed by atoms with van der Waals surface area (Å²) in [6.07, 6.45) is 1.53. The molecule has 40 heavy (non-hydrogen) atoms. The van der Waals surface area contributed by atoms with Crippen LogP contribution in [0.5, 0.6) is 17.2 Å². The fourth-order valence-corrected chi connectivity index (χ4v) is 4.13. The summed E-state index contributed by atoms with van der Waals surface area (Å²) in [5.41, 5.74) is 5.75. The minimum absolute atomic E-state index is 0.222. The Morgan fingerprint density at radius 1 is 0.800 bits per heavy atom. The van der Waals surface area contributed by atoms with Crippen molar-refractivity contribution in [1.29, 1.82) is 0 Å². The number of carbonyl (C=O) groups is 2. The van der Waals surface area contributed by atoms with E-state index in [-0.39, 0.29) is 18.1 Å². The number of nitrogens with zero attached hydrogens (tertiary/aromatic N) is 1. The predicted octanol–water partition coefficient (Wildman–Crippen LogP) is 6.47. The third-order valence-electron chi connectivity index (χ3n) is 5.67. The Bertz CT molecular complexity index is 1490. The molecule has 1 amide bonds. The normalized spacial score (nSPS) is 10.8. The summed E-state index contributed by atoms with van der Waals surface area (Å²) in [6, 6.07) is 26.7. The lowest BCUT2D eigenvalue weighted by atomic mass is 10.1. The molecular formula is C31H27BrN2O6. The lowest BCUT2D eigenvalue weighted by molar-refractivity contribution is 0.0696. The first-order chi connectivity index (χ1) is 19.4. The molecule has 0 radical (unpaired) electrons. The van der Waals surface area contributed by atoms with Crippen molar-refractivity contribution in [2.45, 2.75) is 20.1 Å². The van der Waals surface area contributed by atoms with E-state index in [0.29, 0.717) is 40.5 Å². The van der Waals surface area contributed by atoms with Gasteiger partial charge in [-0.1, -0.05) is 42.5 Å². The molecule has 2 N–H and O–H groups in total. The van der Waals surface area contributed by atoms with E-state index < -0.39 is 5.97 Å². The van der Waals surface area contributed by atoms with Gasteiger partial charge < -0.3 is 19.3 Å². The summed E-state index contributed by atoms with van der Waals surface area (Å²) in [5, 5.41) is 13.1. The van der Waals surface area contributed by atoms with Crippen molar-refractivity contribution >= 4 is 34.0 Å². The summed E-state index contributed by atoms with van der Waals surface area (Å²) in [5.74, 6) is 0.282. The van der Waals surface area contributed by atoms with Gasteiger partial charge in [-0.2, -0.15) is 5.10 Å². The molecular weight excluding hydrogens is 576 g/mol. The lowest BCUT2D eigenvalue weighted by Gasteiger charge is -2.13. The van der Waals surface area contributed by atoms with Gasteiger partial charge in [-0.05, 0) is 88.1 Å². The zero-order chi connectivity index (χ0) is 28.3. The second-order valence-corrected chi connectivity index (χ2v) is 9.40. The number of carboxylic acid groups (broad SMARTS) is 1. The molecule has 8 nitrogen and oxygen atoms in total. The molecule has 0 saturated heterocycles. The molecule has 0 aliphatic rings. The van der Waals surface area contributed by atoms with Crippen LogP contribution in [0.3, 0.4) is 0 Å². The first-order valence-corrected chi connectivity index (χ1v) is 13.2. The molecule has 0 fully saturated rings. The van der Waals surface area contributed by atoms with Crippen molar-refractivity contribution in [3.8, 4) is 17.2 Å². The maximum atomic E-state index is 12.7. The number of carbonyl (C=O) groups excluding carboxylic acids is 1. The van der Waals surface area contributed by atoms with E-state index in [9.17, 15) is 9.59 Å². The quantitative estimate of drug-likeness (QED) is 0.142. The number of halogens is 1. The molecule has 4 rings (SSSR count). The van der Waals surface area contributed by atoms with E-state index in [4.69, 9.17) is 19.3 Å². The standard InChI is InChI=1S/C31H27BrN2O6/c1-2-38-29-17-25(13-15-28(29)40-19-21-6-4-3-5-7-21)30(35)34-33-18-23-10-14-27(26(32)16-23)39-20-22-8-11-24(12-9-22)31(36)37/h3-18H,2,19-20H2,1H3,(H,34,35)(H,36,37)/b33-18+. The highest BCUT2D eigenvalue weighted by atomic mass is 79.9. The minimum Gasteiger partial charge on any atom is -0.490 e. The summed E-state index contributed by atoms with van der Waals surface area (Å²) in [4.78, 5) is 23.7. The molecule has 0 aliphatic carbocycles. The first-order valence-electron chi connectivity index (χ1n) is 12.4. The van der Waals surface area contributed by atoms with Gasteiger partial charge in [0.2, 0.25) is 0 Å². The smallest absolute Gasteiger partial charge is 0.335 e. The number of hydrogen-bond donors (Lipinski definition) is 2. The van der Waals surface area contributed by atoms with Gasteiger partial charge >= 0.3 is 5.97 Å². The molecule has 204 valence electrons. The molecule has 0 aromatic heterocycles. The number of ether oxygens (including phenoxy) is 3. The summed E-state index contributed by atoms with van der Waals surface area (Å²) in [7, 11) is 0. The van der Waals surface area contributed by atoms with Gasteiger partial charge in [0.15, 0.2) is 11.5 Å². The zero-order valence-electron chi connectivity index (χ0n) is 21.7. The highest BCUT2D eigenvalue weighted by molar-refractivity contribution is 9.10. The van der Waals surface area contributed by atoms with Crippen LogP contribution in [0.4, 0.5) is 0 Å². The van der Waals surface area contributed by atoms with Crippen LogP contribution in [0.25, 0.3) is 0 Å². The van der Waals surface area contributed by atoms with Crippen LogP contribution in [0.1, 0.15) is 44.3 Å². The van der Waals surface area contributed by atoms with E-state index in [1.807, 2.05) is 43.3 Å². The van der Waals surface area contributed by atoms with Gasteiger partial charge in [0, 0.05) is 5.56 Å². The van der Waals surface area contributed by atoms with Crippen molar-refractivity contribution in [2.24, 2.45) is 5.10 Å². The third kappa shape index (κ3) is 7.94. The van der Waals surface area contributed by atoms with Crippen LogP contribution in [0.15, 0.2) is 101 Å². The molecule has 4 aromatic rings. The Balaban J connectivity index is 1.33. The largest absolute Gasteiger partial charge is 0.490 e. The van der Waals surface area contributed by atoms with E-state index in [1.165, 1.54) is 18.3 Å². The summed E-state index contributed by atoms with van der Waals surface area (Å²) in [6.45, 7) is 2.96. The SMILES string of the molecule is CCOc1cc(C(=O)N/N=C/c2ccc(OCc3ccc(C(=O)O)cc3)c(Br)c2)ccc1OCc1ccccc1. The van der Waals surface area contributed by atoms with Crippen molar-refractivity contribution in [2.75, 3.05) is 6.61 Å². The van der Waals surface area contributed by atoms with Gasteiger partial charge in [-0.15, -0.1) is 0 Å². The molecule has 0 bridgehead atoms. The molecule has 0 atom stereocenters. The predicted molar refractivity (Wildman–Crippen MR) is 155 cm³/mol. The Morgan fingerprint density at radius 2 is 1.45 bits per heavy atom. The number of rotatable bonds is 12. The van der Waals surface area contributed by atoms with Gasteiger partial charge in [0.1, 0.15) is 19.0 Å². The Labute approximate surface area is 240 Å². The van der Waals surface area contributed by atoms with Crippen LogP contribution in [-0.2, 0) is 13.2 Å². The molecule has 0 spiro atoms. The lowest BCUT2D eigenvalue weighted by Crippen LogP contribution is -2.17.